The van der Waals surface area contributed by atoms with E-state index in [2.05, 4.69) is 78.0 Å². The molecule has 3 heterocycles. The molecule has 5 nitrogen and oxygen atoms in total. The Kier molecular flexibility index (Phi) is 5.57. The fourth-order valence-corrected chi connectivity index (χ4v) is 5.34. The summed E-state index contributed by atoms with van der Waals surface area (Å²) in [7, 11) is 0. The highest BCUT2D eigenvalue weighted by atomic mass is 16.6. The maximum Gasteiger partial charge on any atom is 0.341 e. The minimum Gasteiger partial charge on any atom is -0.439 e. The number of anilines is 2. The zero-order valence-corrected chi connectivity index (χ0v) is 19.7. The Balaban J connectivity index is 1.66. The first-order valence-electron chi connectivity index (χ1n) is 12.0. The molecule has 0 aliphatic carbocycles. The van der Waals surface area contributed by atoms with Crippen molar-refractivity contribution < 1.29 is 9.53 Å². The van der Waals surface area contributed by atoms with Crippen molar-refractivity contribution in [1.82, 2.24) is 4.98 Å². The molecule has 5 rings (SSSR count). The Labute approximate surface area is 196 Å². The van der Waals surface area contributed by atoms with Crippen LogP contribution in [0.2, 0.25) is 0 Å². The number of ether oxygens (including phenoxy) is 1. The molecule has 3 aromatic rings. The smallest absolute Gasteiger partial charge is 0.341 e. The molecule has 0 radical (unpaired) electrons. The molecule has 5 heteroatoms. The van der Waals surface area contributed by atoms with Crippen molar-refractivity contribution in [2.45, 2.75) is 39.2 Å². The summed E-state index contributed by atoms with van der Waals surface area (Å²) >= 11 is 0. The summed E-state index contributed by atoms with van der Waals surface area (Å²) in [6, 6.07) is 18.5. The third-order valence-electron chi connectivity index (χ3n) is 7.07. The highest BCUT2D eigenvalue weighted by Crippen LogP contribution is 2.47. The van der Waals surface area contributed by atoms with Crippen LogP contribution in [0.1, 0.15) is 59.4 Å². The van der Waals surface area contributed by atoms with Crippen molar-refractivity contribution in [2.24, 2.45) is 0 Å². The van der Waals surface area contributed by atoms with Crippen molar-refractivity contribution in [3.8, 4) is 0 Å². The highest BCUT2D eigenvalue weighted by molar-refractivity contribution is 5.95. The summed E-state index contributed by atoms with van der Waals surface area (Å²) in [5, 5.41) is 0. The van der Waals surface area contributed by atoms with Crippen LogP contribution in [0.4, 0.5) is 11.4 Å². The van der Waals surface area contributed by atoms with Crippen molar-refractivity contribution in [1.29, 1.82) is 0 Å². The number of hydrogen-bond donors (Lipinski definition) is 0. The van der Waals surface area contributed by atoms with Gasteiger partial charge in [0, 0.05) is 54.9 Å². The van der Waals surface area contributed by atoms with E-state index in [4.69, 9.17) is 4.74 Å². The molecule has 0 amide bonds. The zero-order chi connectivity index (χ0) is 23.0. The van der Waals surface area contributed by atoms with E-state index in [0.29, 0.717) is 11.3 Å². The fraction of sp³-hybridized carbons (Fsp3) is 0.357. The van der Waals surface area contributed by atoms with E-state index < -0.39 is 5.60 Å². The number of carbonyl (C=O) groups is 1. The van der Waals surface area contributed by atoms with E-state index in [1.54, 1.807) is 12.3 Å². The van der Waals surface area contributed by atoms with Gasteiger partial charge >= 0.3 is 5.97 Å². The third-order valence-corrected chi connectivity index (χ3v) is 7.07. The van der Waals surface area contributed by atoms with Gasteiger partial charge in [0.25, 0.3) is 0 Å². The normalized spacial score (nSPS) is 19.5. The summed E-state index contributed by atoms with van der Waals surface area (Å²) in [6.07, 6.45) is 4.21. The predicted molar refractivity (Wildman–Crippen MR) is 132 cm³/mol. The molecule has 2 aliphatic heterocycles. The lowest BCUT2D eigenvalue weighted by molar-refractivity contribution is 0.0242. The SMILES string of the molecule is CCN(CC)c1ccc(C2(c3ccc(N4CCCC4)cc3)OC(=O)c3cccnc32)c(C)c1. The molecule has 2 aliphatic rings. The molecule has 0 N–H and O–H groups in total. The Morgan fingerprint density at radius 3 is 2.42 bits per heavy atom. The van der Waals surface area contributed by atoms with Crippen LogP contribution < -0.4 is 9.80 Å². The van der Waals surface area contributed by atoms with Crippen LogP contribution in [0.3, 0.4) is 0 Å². The Hall–Kier alpha value is -3.34. The van der Waals surface area contributed by atoms with Gasteiger partial charge in [0.2, 0.25) is 5.60 Å². The molecule has 1 saturated heterocycles. The second kappa shape index (κ2) is 8.54. The average Bonchev–Trinajstić information content (AvgIpc) is 3.48. The molecule has 1 atom stereocenters. The topological polar surface area (TPSA) is 45.7 Å². The minimum atomic E-state index is -1.05. The highest BCUT2D eigenvalue weighted by Gasteiger charge is 2.50. The number of rotatable bonds is 6. The monoisotopic (exact) mass is 441 g/mol. The second-order valence-corrected chi connectivity index (χ2v) is 8.88. The minimum absolute atomic E-state index is 0.325. The molecule has 0 spiro atoms. The number of aryl methyl sites for hydroxylation is 1. The number of nitrogens with zero attached hydrogens (tertiary/aromatic N) is 3. The van der Waals surface area contributed by atoms with Gasteiger partial charge in [-0.15, -0.1) is 0 Å². The number of carbonyl (C=O) groups excluding carboxylic acids is 1. The third kappa shape index (κ3) is 3.47. The maximum absolute atomic E-state index is 13.0. The second-order valence-electron chi connectivity index (χ2n) is 8.88. The van der Waals surface area contributed by atoms with Crippen LogP contribution in [-0.4, -0.2) is 37.1 Å². The van der Waals surface area contributed by atoms with Crippen LogP contribution in [-0.2, 0) is 10.3 Å². The summed E-state index contributed by atoms with van der Waals surface area (Å²) in [6.45, 7) is 10.5. The number of pyridine rings is 1. The van der Waals surface area contributed by atoms with Crippen LogP contribution in [0.25, 0.3) is 0 Å². The molecule has 170 valence electrons. The number of hydrogen-bond acceptors (Lipinski definition) is 5. The summed E-state index contributed by atoms with van der Waals surface area (Å²) in [5.41, 5.74) is 5.50. The largest absolute Gasteiger partial charge is 0.439 e. The van der Waals surface area contributed by atoms with Gasteiger partial charge in [-0.2, -0.15) is 0 Å². The first-order valence-corrected chi connectivity index (χ1v) is 12.0. The Bertz CT molecular complexity index is 1160. The number of fused-ring (bicyclic) bond motifs is 1. The molecule has 0 saturated carbocycles. The zero-order valence-electron chi connectivity index (χ0n) is 19.7. The first kappa shape index (κ1) is 21.5. The molecule has 33 heavy (non-hydrogen) atoms. The van der Waals surface area contributed by atoms with Gasteiger partial charge in [-0.25, -0.2) is 4.79 Å². The summed E-state index contributed by atoms with van der Waals surface area (Å²) in [4.78, 5) is 22.4. The van der Waals surface area contributed by atoms with Gasteiger partial charge in [-0.3, -0.25) is 4.98 Å². The molecule has 1 aromatic heterocycles. The summed E-state index contributed by atoms with van der Waals surface area (Å²) < 4.78 is 6.26. The quantitative estimate of drug-likeness (QED) is 0.486. The maximum atomic E-state index is 13.0. The average molecular weight is 442 g/mol. The van der Waals surface area contributed by atoms with Gasteiger partial charge in [0.05, 0.1) is 5.56 Å². The van der Waals surface area contributed by atoms with Gasteiger partial charge < -0.3 is 14.5 Å². The lowest BCUT2D eigenvalue weighted by atomic mass is 9.80. The molecule has 1 fully saturated rings. The number of benzene rings is 2. The van der Waals surface area contributed by atoms with E-state index in [9.17, 15) is 4.79 Å². The fourth-order valence-electron chi connectivity index (χ4n) is 5.34. The van der Waals surface area contributed by atoms with E-state index in [0.717, 1.165) is 42.9 Å². The number of cyclic esters (lactones) is 1. The van der Waals surface area contributed by atoms with Crippen LogP contribution in [0.15, 0.2) is 60.8 Å². The van der Waals surface area contributed by atoms with Crippen molar-refractivity contribution in [3.63, 3.8) is 0 Å². The number of aromatic nitrogens is 1. The molecule has 0 bridgehead atoms. The Morgan fingerprint density at radius 2 is 1.76 bits per heavy atom. The van der Waals surface area contributed by atoms with Gasteiger partial charge in [0.1, 0.15) is 5.69 Å². The first-order chi connectivity index (χ1) is 16.1. The van der Waals surface area contributed by atoms with Crippen molar-refractivity contribution in [2.75, 3.05) is 36.0 Å². The van der Waals surface area contributed by atoms with Gasteiger partial charge in [-0.05, 0) is 75.6 Å². The van der Waals surface area contributed by atoms with E-state index >= 15 is 0 Å². The van der Waals surface area contributed by atoms with Gasteiger partial charge in [0.15, 0.2) is 0 Å². The molecule has 1 unspecified atom stereocenters. The van der Waals surface area contributed by atoms with Crippen LogP contribution in [0.5, 0.6) is 0 Å². The van der Waals surface area contributed by atoms with Gasteiger partial charge in [-0.1, -0.05) is 18.2 Å². The van der Waals surface area contributed by atoms with Crippen LogP contribution >= 0.6 is 0 Å². The predicted octanol–water partition coefficient (Wildman–Crippen LogP) is 5.30. The van der Waals surface area contributed by atoms with E-state index in [1.807, 2.05) is 6.07 Å². The summed E-state index contributed by atoms with van der Waals surface area (Å²) in [5.74, 6) is -0.325. The van der Waals surface area contributed by atoms with Crippen LogP contribution in [0, 0.1) is 6.92 Å². The van der Waals surface area contributed by atoms with E-state index in [-0.39, 0.29) is 5.97 Å². The van der Waals surface area contributed by atoms with Crippen molar-refractivity contribution in [3.05, 3.63) is 88.7 Å². The standard InChI is InChI=1S/C28H31N3O2/c1-4-30(5-2)23-14-15-25(20(3)19-23)28(26-24(27(32)33-28)9-8-16-29-26)21-10-12-22(13-11-21)31-17-6-7-18-31/h8-16,19H,4-7,17-18H2,1-3H3. The Morgan fingerprint density at radius 1 is 1.03 bits per heavy atom. The molecular weight excluding hydrogens is 410 g/mol. The molecular formula is C28H31N3O2. The lowest BCUT2D eigenvalue weighted by Gasteiger charge is -2.32. The lowest BCUT2D eigenvalue weighted by Crippen LogP contribution is -2.32. The number of esters is 1. The molecule has 2 aromatic carbocycles. The van der Waals surface area contributed by atoms with Crippen molar-refractivity contribution >= 4 is 17.3 Å². The van der Waals surface area contributed by atoms with E-state index in [1.165, 1.54) is 24.2 Å².